The lowest BCUT2D eigenvalue weighted by Gasteiger charge is -2.00. The van der Waals surface area contributed by atoms with Gasteiger partial charge in [0.2, 0.25) is 5.13 Å². The maximum atomic E-state index is 4.77. The van der Waals surface area contributed by atoms with Gasteiger partial charge in [0.15, 0.2) is 5.65 Å². The van der Waals surface area contributed by atoms with Crippen molar-refractivity contribution in [2.75, 3.05) is 0 Å². The van der Waals surface area contributed by atoms with Crippen molar-refractivity contribution in [3.05, 3.63) is 64.1 Å². The van der Waals surface area contributed by atoms with Gasteiger partial charge < -0.3 is 0 Å². The Bertz CT molecular complexity index is 1260. The van der Waals surface area contributed by atoms with Crippen molar-refractivity contribution in [3.63, 3.8) is 0 Å². The number of nitrogens with zero attached hydrogens (tertiary/aromatic N) is 5. The van der Waals surface area contributed by atoms with Crippen LogP contribution in [0.15, 0.2) is 58.4 Å². The van der Waals surface area contributed by atoms with E-state index in [1.54, 1.807) is 16.0 Å². The lowest BCUT2D eigenvalue weighted by Crippen LogP contribution is -1.98. The quantitative estimate of drug-likeness (QED) is 0.394. The molecule has 3 aromatic heterocycles. The molecule has 7 heteroatoms. The molecule has 0 bridgehead atoms. The first kappa shape index (κ1) is 15.6. The molecular weight excluding hydrogens is 410 g/mol. The Balaban J connectivity index is 1.67. The molecule has 0 aliphatic carbocycles. The number of benzene rings is 2. The Morgan fingerprint density at radius 1 is 0.923 bits per heavy atom. The van der Waals surface area contributed by atoms with Crippen LogP contribution in [-0.4, -0.2) is 24.7 Å². The summed E-state index contributed by atoms with van der Waals surface area (Å²) in [6.07, 6.45) is 0. The van der Waals surface area contributed by atoms with E-state index >= 15 is 0 Å². The topological polar surface area (TPSA) is 56.5 Å². The third kappa shape index (κ3) is 2.51. The molecule has 0 amide bonds. The van der Waals surface area contributed by atoms with Crippen LogP contribution in [0.2, 0.25) is 0 Å². The van der Waals surface area contributed by atoms with E-state index < -0.39 is 0 Å². The Kier molecular flexibility index (Phi) is 3.58. The fourth-order valence-corrected chi connectivity index (χ4v) is 3.92. The molecule has 5 aromatic rings. The van der Waals surface area contributed by atoms with Gasteiger partial charge in [0.1, 0.15) is 5.52 Å². The van der Waals surface area contributed by atoms with Crippen molar-refractivity contribution in [3.8, 4) is 16.4 Å². The summed E-state index contributed by atoms with van der Waals surface area (Å²) in [5.74, 6) is 0. The van der Waals surface area contributed by atoms with Crippen molar-refractivity contribution < 1.29 is 0 Å². The fraction of sp³-hybridized carbons (Fsp3) is 0.0526. The number of hydrogen-bond acceptors (Lipinski definition) is 5. The first-order valence-electron chi connectivity index (χ1n) is 8.03. The van der Waals surface area contributed by atoms with Gasteiger partial charge in [0, 0.05) is 15.4 Å². The summed E-state index contributed by atoms with van der Waals surface area (Å²) in [6, 6.07) is 16.0. The number of halogens is 1. The summed E-state index contributed by atoms with van der Waals surface area (Å²) in [4.78, 5) is 14.3. The third-order valence-corrected chi connectivity index (χ3v) is 5.50. The van der Waals surface area contributed by atoms with Gasteiger partial charge in [0.05, 0.1) is 22.4 Å². The molecule has 0 fully saturated rings. The van der Waals surface area contributed by atoms with Gasteiger partial charge in [-0.05, 0) is 31.2 Å². The number of thiazole rings is 1. The minimum absolute atomic E-state index is 0.734. The molecule has 2 aromatic carbocycles. The van der Waals surface area contributed by atoms with E-state index in [1.807, 2.05) is 60.8 Å². The Labute approximate surface area is 161 Å². The van der Waals surface area contributed by atoms with Crippen LogP contribution in [0.1, 0.15) is 5.69 Å². The van der Waals surface area contributed by atoms with E-state index in [2.05, 4.69) is 21.0 Å². The summed E-state index contributed by atoms with van der Waals surface area (Å²) in [6.45, 7) is 1.95. The van der Waals surface area contributed by atoms with Crippen molar-refractivity contribution in [1.29, 1.82) is 0 Å². The molecule has 0 spiro atoms. The summed E-state index contributed by atoms with van der Waals surface area (Å²) < 4.78 is 2.84. The van der Waals surface area contributed by atoms with Gasteiger partial charge >= 0.3 is 0 Å². The molecule has 0 aliphatic heterocycles. The fourth-order valence-electron chi connectivity index (χ4n) is 2.87. The number of rotatable bonds is 2. The van der Waals surface area contributed by atoms with Crippen molar-refractivity contribution in [2.24, 2.45) is 0 Å². The summed E-state index contributed by atoms with van der Waals surface area (Å²) in [5, 5.41) is 7.46. The van der Waals surface area contributed by atoms with Crippen LogP contribution in [0.25, 0.3) is 38.6 Å². The molecule has 126 valence electrons. The number of fused-ring (bicyclic) bond motifs is 2. The smallest absolute Gasteiger partial charge is 0.212 e. The lowest BCUT2D eigenvalue weighted by molar-refractivity contribution is 0.870. The zero-order chi connectivity index (χ0) is 17.7. The number of aryl methyl sites for hydroxylation is 1. The Morgan fingerprint density at radius 2 is 1.65 bits per heavy atom. The highest BCUT2D eigenvalue weighted by molar-refractivity contribution is 9.10. The van der Waals surface area contributed by atoms with Crippen LogP contribution in [0.3, 0.4) is 0 Å². The van der Waals surface area contributed by atoms with Gasteiger partial charge in [-0.2, -0.15) is 9.78 Å². The van der Waals surface area contributed by atoms with Crippen LogP contribution in [0.5, 0.6) is 0 Å². The molecule has 0 saturated heterocycles. The molecule has 0 saturated carbocycles. The number of aromatic nitrogens is 5. The predicted octanol–water partition coefficient (Wildman–Crippen LogP) is 5.16. The molecular formula is C19H12BrN5S. The van der Waals surface area contributed by atoms with Gasteiger partial charge in [-0.25, -0.2) is 15.0 Å². The SMILES string of the molecule is Cc1nn(-c2nc(-c3ccc(Br)cc3)cs2)c2nc3ccccc3nc12. The van der Waals surface area contributed by atoms with Gasteiger partial charge in [-0.1, -0.05) is 40.2 Å². The second-order valence-electron chi connectivity index (χ2n) is 5.90. The number of hydrogen-bond donors (Lipinski definition) is 0. The Morgan fingerprint density at radius 3 is 2.42 bits per heavy atom. The average Bonchev–Trinajstić information content (AvgIpc) is 3.26. The average molecular weight is 422 g/mol. The lowest BCUT2D eigenvalue weighted by atomic mass is 10.2. The van der Waals surface area contributed by atoms with Crippen LogP contribution in [0, 0.1) is 6.92 Å². The number of para-hydroxylation sites is 2. The molecule has 3 heterocycles. The van der Waals surface area contributed by atoms with E-state index in [1.165, 1.54) is 0 Å². The van der Waals surface area contributed by atoms with Crippen molar-refractivity contribution in [1.82, 2.24) is 24.7 Å². The zero-order valence-corrected chi connectivity index (χ0v) is 16.1. The Hall–Kier alpha value is -2.64. The molecule has 0 radical (unpaired) electrons. The minimum Gasteiger partial charge on any atom is -0.241 e. The third-order valence-electron chi connectivity index (χ3n) is 4.16. The summed E-state index contributed by atoms with van der Waals surface area (Å²) in [7, 11) is 0. The van der Waals surface area contributed by atoms with E-state index in [9.17, 15) is 0 Å². The monoisotopic (exact) mass is 421 g/mol. The molecule has 26 heavy (non-hydrogen) atoms. The standard InChI is InChI=1S/C19H12BrN5S/c1-11-17-18(22-15-5-3-2-4-14(15)21-17)25(24-11)19-23-16(10-26-19)12-6-8-13(20)9-7-12/h2-10H,1H3. The normalized spacial score (nSPS) is 11.5. The minimum atomic E-state index is 0.734. The summed E-state index contributed by atoms with van der Waals surface area (Å²) >= 11 is 5.01. The summed E-state index contributed by atoms with van der Waals surface area (Å²) in [5.41, 5.74) is 6.11. The van der Waals surface area contributed by atoms with Gasteiger partial charge in [-0.15, -0.1) is 11.3 Å². The van der Waals surface area contributed by atoms with Gasteiger partial charge in [-0.3, -0.25) is 0 Å². The second-order valence-corrected chi connectivity index (χ2v) is 7.66. The maximum Gasteiger partial charge on any atom is 0.212 e. The highest BCUT2D eigenvalue weighted by Crippen LogP contribution is 2.28. The van der Waals surface area contributed by atoms with Crippen LogP contribution in [-0.2, 0) is 0 Å². The molecule has 5 nitrogen and oxygen atoms in total. The molecule has 0 atom stereocenters. The van der Waals surface area contributed by atoms with E-state index in [0.717, 1.165) is 48.8 Å². The van der Waals surface area contributed by atoms with E-state index in [0.29, 0.717) is 0 Å². The van der Waals surface area contributed by atoms with Gasteiger partial charge in [0.25, 0.3) is 0 Å². The largest absolute Gasteiger partial charge is 0.241 e. The van der Waals surface area contributed by atoms with Crippen LogP contribution >= 0.6 is 27.3 Å². The van der Waals surface area contributed by atoms with E-state index in [4.69, 9.17) is 15.0 Å². The van der Waals surface area contributed by atoms with Crippen LogP contribution < -0.4 is 0 Å². The first-order valence-corrected chi connectivity index (χ1v) is 9.70. The van der Waals surface area contributed by atoms with Crippen molar-refractivity contribution >= 4 is 49.5 Å². The highest BCUT2D eigenvalue weighted by Gasteiger charge is 2.16. The molecule has 0 unspecified atom stereocenters. The highest BCUT2D eigenvalue weighted by atomic mass is 79.9. The zero-order valence-electron chi connectivity index (χ0n) is 13.7. The van der Waals surface area contributed by atoms with Crippen LogP contribution in [0.4, 0.5) is 0 Å². The molecule has 5 rings (SSSR count). The maximum absolute atomic E-state index is 4.77. The van der Waals surface area contributed by atoms with Crippen molar-refractivity contribution in [2.45, 2.75) is 6.92 Å². The first-order chi connectivity index (χ1) is 12.7. The molecule has 0 aliphatic rings. The second kappa shape index (κ2) is 5.96. The molecule has 0 N–H and O–H groups in total. The predicted molar refractivity (Wildman–Crippen MR) is 108 cm³/mol. The van der Waals surface area contributed by atoms with E-state index in [-0.39, 0.29) is 0 Å².